The second-order valence-electron chi connectivity index (χ2n) is 1.88. The third kappa shape index (κ3) is 1.19. The highest BCUT2D eigenvalue weighted by Crippen LogP contribution is 2.14. The predicted molar refractivity (Wildman–Crippen MR) is 39.4 cm³/mol. The van der Waals surface area contributed by atoms with Crippen molar-refractivity contribution in [3.63, 3.8) is 0 Å². The maximum Gasteiger partial charge on any atom is 0.0829 e. The number of aromatic nitrogens is 1. The standard InChI is InChI=1S/C7H10N2/c1-3-8-7-4-5-9-6(7)2/h3-5,9H,1-2H3. The fourth-order valence-corrected chi connectivity index (χ4v) is 0.723. The number of rotatable bonds is 1. The molecule has 1 aromatic rings. The summed E-state index contributed by atoms with van der Waals surface area (Å²) in [7, 11) is 0. The molecule has 1 heterocycles. The maximum atomic E-state index is 4.11. The van der Waals surface area contributed by atoms with Gasteiger partial charge in [0.15, 0.2) is 0 Å². The molecular weight excluding hydrogens is 112 g/mol. The van der Waals surface area contributed by atoms with E-state index in [0.717, 1.165) is 11.4 Å². The molecule has 0 radical (unpaired) electrons. The summed E-state index contributed by atoms with van der Waals surface area (Å²) in [6.45, 7) is 3.91. The summed E-state index contributed by atoms with van der Waals surface area (Å²) in [5.74, 6) is 0. The van der Waals surface area contributed by atoms with Gasteiger partial charge in [-0.15, -0.1) is 0 Å². The molecular formula is C7H10N2. The van der Waals surface area contributed by atoms with E-state index < -0.39 is 0 Å². The molecule has 0 atom stereocenters. The molecule has 1 rings (SSSR count). The van der Waals surface area contributed by atoms with Gasteiger partial charge >= 0.3 is 0 Å². The van der Waals surface area contributed by atoms with Gasteiger partial charge in [-0.1, -0.05) is 0 Å². The second-order valence-corrected chi connectivity index (χ2v) is 1.88. The van der Waals surface area contributed by atoms with E-state index in [0.29, 0.717) is 0 Å². The van der Waals surface area contributed by atoms with Crippen LogP contribution in [0.1, 0.15) is 12.6 Å². The molecule has 0 unspecified atom stereocenters. The van der Waals surface area contributed by atoms with Gasteiger partial charge in [0.05, 0.1) is 5.69 Å². The quantitative estimate of drug-likeness (QED) is 0.552. The summed E-state index contributed by atoms with van der Waals surface area (Å²) in [5, 5.41) is 0. The molecule has 0 saturated heterocycles. The Labute approximate surface area is 54.6 Å². The normalized spacial score (nSPS) is 10.9. The zero-order valence-electron chi connectivity index (χ0n) is 5.68. The lowest BCUT2D eigenvalue weighted by Crippen LogP contribution is -1.67. The van der Waals surface area contributed by atoms with E-state index >= 15 is 0 Å². The zero-order valence-corrected chi connectivity index (χ0v) is 5.68. The van der Waals surface area contributed by atoms with Crippen LogP contribution in [0, 0.1) is 6.92 Å². The number of aliphatic imine (C=N–C) groups is 1. The Morgan fingerprint density at radius 2 is 2.44 bits per heavy atom. The van der Waals surface area contributed by atoms with Gasteiger partial charge in [-0.05, 0) is 19.9 Å². The Morgan fingerprint density at radius 3 is 2.89 bits per heavy atom. The molecule has 1 aromatic heterocycles. The van der Waals surface area contributed by atoms with Crippen molar-refractivity contribution in [2.75, 3.05) is 0 Å². The second kappa shape index (κ2) is 2.49. The monoisotopic (exact) mass is 122 g/mol. The number of hydrogen-bond donors (Lipinski definition) is 1. The molecule has 0 aliphatic carbocycles. The smallest absolute Gasteiger partial charge is 0.0829 e. The van der Waals surface area contributed by atoms with Gasteiger partial charge in [-0.2, -0.15) is 0 Å². The SMILES string of the molecule is CC=Nc1cc[nH]c1C. The molecule has 2 heteroatoms. The molecule has 48 valence electrons. The summed E-state index contributed by atoms with van der Waals surface area (Å²) in [6, 6.07) is 1.95. The van der Waals surface area contributed by atoms with Crippen molar-refractivity contribution >= 4 is 11.9 Å². The fraction of sp³-hybridized carbons (Fsp3) is 0.286. The molecule has 0 aliphatic heterocycles. The summed E-state index contributed by atoms with van der Waals surface area (Å²) < 4.78 is 0. The largest absolute Gasteiger partial charge is 0.363 e. The molecule has 0 aromatic carbocycles. The molecule has 1 N–H and O–H groups in total. The van der Waals surface area contributed by atoms with Crippen LogP contribution in [-0.4, -0.2) is 11.2 Å². The minimum Gasteiger partial charge on any atom is -0.363 e. The van der Waals surface area contributed by atoms with Crippen LogP contribution in [0.3, 0.4) is 0 Å². The minimum absolute atomic E-state index is 1.03. The minimum atomic E-state index is 1.03. The van der Waals surface area contributed by atoms with E-state index in [2.05, 4.69) is 9.98 Å². The van der Waals surface area contributed by atoms with Gasteiger partial charge in [-0.25, -0.2) is 0 Å². The van der Waals surface area contributed by atoms with Crippen LogP contribution in [0.4, 0.5) is 5.69 Å². The Kier molecular flexibility index (Phi) is 1.68. The van der Waals surface area contributed by atoms with Crippen molar-refractivity contribution in [1.82, 2.24) is 4.98 Å². The molecule has 0 bridgehead atoms. The van der Waals surface area contributed by atoms with Gasteiger partial charge in [0.1, 0.15) is 0 Å². The van der Waals surface area contributed by atoms with Gasteiger partial charge in [0, 0.05) is 18.1 Å². The van der Waals surface area contributed by atoms with Crippen LogP contribution in [0.5, 0.6) is 0 Å². The summed E-state index contributed by atoms with van der Waals surface area (Å²) in [4.78, 5) is 7.15. The van der Waals surface area contributed by atoms with E-state index in [4.69, 9.17) is 0 Å². The molecule has 9 heavy (non-hydrogen) atoms. The van der Waals surface area contributed by atoms with Gasteiger partial charge < -0.3 is 4.98 Å². The first-order valence-corrected chi connectivity index (χ1v) is 2.97. The zero-order chi connectivity index (χ0) is 6.69. The van der Waals surface area contributed by atoms with E-state index in [1.807, 2.05) is 26.1 Å². The first kappa shape index (κ1) is 6.08. The number of hydrogen-bond acceptors (Lipinski definition) is 1. The molecule has 0 saturated carbocycles. The highest BCUT2D eigenvalue weighted by molar-refractivity contribution is 5.61. The molecule has 2 nitrogen and oxygen atoms in total. The van der Waals surface area contributed by atoms with Crippen LogP contribution < -0.4 is 0 Å². The molecule has 0 spiro atoms. The average Bonchev–Trinajstić information content (AvgIpc) is 2.18. The Hall–Kier alpha value is -1.05. The van der Waals surface area contributed by atoms with Crippen LogP contribution >= 0.6 is 0 Å². The summed E-state index contributed by atoms with van der Waals surface area (Å²) in [6.07, 6.45) is 3.67. The van der Waals surface area contributed by atoms with Crippen LogP contribution in [0.25, 0.3) is 0 Å². The Bertz CT molecular complexity index is 210. The molecule has 0 fully saturated rings. The fourth-order valence-electron chi connectivity index (χ4n) is 0.723. The topological polar surface area (TPSA) is 28.1 Å². The van der Waals surface area contributed by atoms with Crippen molar-refractivity contribution in [1.29, 1.82) is 0 Å². The Morgan fingerprint density at radius 1 is 1.67 bits per heavy atom. The van der Waals surface area contributed by atoms with E-state index in [-0.39, 0.29) is 0 Å². The first-order valence-electron chi connectivity index (χ1n) is 2.97. The Balaban J connectivity index is 2.94. The number of aryl methyl sites for hydroxylation is 1. The maximum absolute atomic E-state index is 4.11. The number of aromatic amines is 1. The van der Waals surface area contributed by atoms with Crippen molar-refractivity contribution in [2.45, 2.75) is 13.8 Å². The third-order valence-electron chi connectivity index (χ3n) is 1.19. The van der Waals surface area contributed by atoms with E-state index in [9.17, 15) is 0 Å². The van der Waals surface area contributed by atoms with Crippen molar-refractivity contribution in [3.8, 4) is 0 Å². The average molecular weight is 122 g/mol. The predicted octanol–water partition coefficient (Wildman–Crippen LogP) is 2.05. The van der Waals surface area contributed by atoms with Crippen molar-refractivity contribution in [2.24, 2.45) is 4.99 Å². The lowest BCUT2D eigenvalue weighted by Gasteiger charge is -1.85. The summed E-state index contributed by atoms with van der Waals surface area (Å²) in [5.41, 5.74) is 2.14. The van der Waals surface area contributed by atoms with Crippen LogP contribution in [0.15, 0.2) is 17.3 Å². The molecule has 0 aliphatic rings. The van der Waals surface area contributed by atoms with Gasteiger partial charge in [0.25, 0.3) is 0 Å². The van der Waals surface area contributed by atoms with E-state index in [1.54, 1.807) is 6.21 Å². The third-order valence-corrected chi connectivity index (χ3v) is 1.19. The van der Waals surface area contributed by atoms with Gasteiger partial charge in [0.2, 0.25) is 0 Å². The van der Waals surface area contributed by atoms with E-state index in [1.165, 1.54) is 0 Å². The lowest BCUT2D eigenvalue weighted by molar-refractivity contribution is 1.26. The number of nitrogens with one attached hydrogen (secondary N) is 1. The highest BCUT2D eigenvalue weighted by atomic mass is 14.8. The highest BCUT2D eigenvalue weighted by Gasteiger charge is 1.91. The first-order chi connectivity index (χ1) is 4.34. The number of H-pyrrole nitrogens is 1. The lowest BCUT2D eigenvalue weighted by atomic mass is 10.4. The van der Waals surface area contributed by atoms with Crippen LogP contribution in [0.2, 0.25) is 0 Å². The number of nitrogens with zero attached hydrogens (tertiary/aromatic N) is 1. The van der Waals surface area contributed by atoms with Gasteiger partial charge in [-0.3, -0.25) is 4.99 Å². The molecule has 0 amide bonds. The van der Waals surface area contributed by atoms with Crippen molar-refractivity contribution < 1.29 is 0 Å². The van der Waals surface area contributed by atoms with Crippen LogP contribution in [-0.2, 0) is 0 Å². The van der Waals surface area contributed by atoms with Crippen molar-refractivity contribution in [3.05, 3.63) is 18.0 Å². The summed E-state index contributed by atoms with van der Waals surface area (Å²) >= 11 is 0.